The Kier molecular flexibility index (Phi) is 6.89. The molecule has 0 aliphatic heterocycles. The average Bonchev–Trinajstić information content (AvgIpc) is 2.35. The molecular weight excluding hydrogens is 242 g/mol. The van der Waals surface area contributed by atoms with Crippen molar-refractivity contribution < 1.29 is 14.7 Å². The first-order valence-electron chi connectivity index (χ1n) is 7.48. The Hall–Kier alpha value is -1.06. The summed E-state index contributed by atoms with van der Waals surface area (Å²) in [5, 5.41) is 8.87. The molecule has 0 bridgehead atoms. The molecule has 0 radical (unpaired) electrons. The lowest BCUT2D eigenvalue weighted by molar-refractivity contribution is -0.145. The summed E-state index contributed by atoms with van der Waals surface area (Å²) in [5.41, 5.74) is 0. The molecule has 0 heterocycles. The Bertz CT molecular complexity index is 296. The molecule has 0 aromatic heterocycles. The molecule has 1 fully saturated rings. The summed E-state index contributed by atoms with van der Waals surface area (Å²) in [7, 11) is 0. The van der Waals surface area contributed by atoms with E-state index in [2.05, 4.69) is 0 Å². The molecule has 1 saturated carbocycles. The SMILES string of the molecule is CC(C)CN(CC(=O)O)C(=O)CCC1CCCCC1. The first kappa shape index (κ1) is 16.0. The van der Waals surface area contributed by atoms with Gasteiger partial charge in [0, 0.05) is 13.0 Å². The average molecular weight is 269 g/mol. The number of carbonyl (C=O) groups is 2. The molecule has 1 rings (SSSR count). The zero-order chi connectivity index (χ0) is 14.3. The fraction of sp³-hybridized carbons (Fsp3) is 0.867. The van der Waals surface area contributed by atoms with Gasteiger partial charge >= 0.3 is 5.97 Å². The zero-order valence-corrected chi connectivity index (χ0v) is 12.2. The van der Waals surface area contributed by atoms with Crippen LogP contribution in [0.15, 0.2) is 0 Å². The Morgan fingerprint density at radius 3 is 2.37 bits per heavy atom. The van der Waals surface area contributed by atoms with Crippen LogP contribution in [0.4, 0.5) is 0 Å². The van der Waals surface area contributed by atoms with E-state index in [-0.39, 0.29) is 12.5 Å². The second-order valence-corrected chi connectivity index (χ2v) is 6.10. The highest BCUT2D eigenvalue weighted by Crippen LogP contribution is 2.27. The lowest BCUT2D eigenvalue weighted by atomic mass is 9.86. The summed E-state index contributed by atoms with van der Waals surface area (Å²) in [6.07, 6.45) is 7.78. The molecule has 0 atom stereocenters. The van der Waals surface area contributed by atoms with Gasteiger partial charge < -0.3 is 10.0 Å². The van der Waals surface area contributed by atoms with Crippen LogP contribution in [-0.4, -0.2) is 35.0 Å². The first-order chi connectivity index (χ1) is 8.99. The number of carboxylic acid groups (broad SMARTS) is 1. The van der Waals surface area contributed by atoms with Crippen LogP contribution < -0.4 is 0 Å². The Morgan fingerprint density at radius 2 is 1.84 bits per heavy atom. The van der Waals surface area contributed by atoms with Crippen LogP contribution in [0.3, 0.4) is 0 Å². The zero-order valence-electron chi connectivity index (χ0n) is 12.2. The lowest BCUT2D eigenvalue weighted by Crippen LogP contribution is -2.38. The highest BCUT2D eigenvalue weighted by molar-refractivity contribution is 5.81. The Morgan fingerprint density at radius 1 is 1.21 bits per heavy atom. The van der Waals surface area contributed by atoms with Gasteiger partial charge in [0.15, 0.2) is 0 Å². The van der Waals surface area contributed by atoms with E-state index < -0.39 is 5.97 Å². The van der Waals surface area contributed by atoms with E-state index >= 15 is 0 Å². The number of hydrogen-bond donors (Lipinski definition) is 1. The van der Waals surface area contributed by atoms with Crippen molar-refractivity contribution >= 4 is 11.9 Å². The van der Waals surface area contributed by atoms with Gasteiger partial charge in [-0.2, -0.15) is 0 Å². The van der Waals surface area contributed by atoms with Crippen molar-refractivity contribution in [1.82, 2.24) is 4.90 Å². The molecule has 1 aliphatic carbocycles. The fourth-order valence-electron chi connectivity index (χ4n) is 2.82. The summed E-state index contributed by atoms with van der Waals surface area (Å²) in [5.74, 6) is 0.0507. The van der Waals surface area contributed by atoms with Gasteiger partial charge in [-0.1, -0.05) is 46.0 Å². The molecule has 0 aromatic carbocycles. The van der Waals surface area contributed by atoms with Crippen molar-refractivity contribution in [2.24, 2.45) is 11.8 Å². The number of amides is 1. The van der Waals surface area contributed by atoms with Crippen LogP contribution in [0.5, 0.6) is 0 Å². The van der Waals surface area contributed by atoms with Gasteiger partial charge in [0.05, 0.1) is 0 Å². The summed E-state index contributed by atoms with van der Waals surface area (Å²) in [4.78, 5) is 24.4. The monoisotopic (exact) mass is 269 g/mol. The van der Waals surface area contributed by atoms with Crippen LogP contribution in [0, 0.1) is 11.8 Å². The standard InChI is InChI=1S/C15H27NO3/c1-12(2)10-16(11-15(18)19)14(17)9-8-13-6-4-3-5-7-13/h12-13H,3-11H2,1-2H3,(H,18,19). The van der Waals surface area contributed by atoms with Crippen LogP contribution >= 0.6 is 0 Å². The van der Waals surface area contributed by atoms with Gasteiger partial charge in [0.25, 0.3) is 0 Å². The first-order valence-corrected chi connectivity index (χ1v) is 7.48. The third-order valence-corrected chi connectivity index (χ3v) is 3.76. The fourth-order valence-corrected chi connectivity index (χ4v) is 2.82. The van der Waals surface area contributed by atoms with Gasteiger partial charge in [0.2, 0.25) is 5.91 Å². The number of carboxylic acids is 1. The van der Waals surface area contributed by atoms with Gasteiger partial charge in [-0.25, -0.2) is 0 Å². The molecular formula is C15H27NO3. The number of aliphatic carboxylic acids is 1. The van der Waals surface area contributed by atoms with Crippen molar-refractivity contribution in [3.05, 3.63) is 0 Å². The highest BCUT2D eigenvalue weighted by Gasteiger charge is 2.20. The van der Waals surface area contributed by atoms with E-state index in [1.54, 1.807) is 0 Å². The third-order valence-electron chi connectivity index (χ3n) is 3.76. The second kappa shape index (κ2) is 8.18. The number of hydrogen-bond acceptors (Lipinski definition) is 2. The smallest absolute Gasteiger partial charge is 0.323 e. The quantitative estimate of drug-likeness (QED) is 0.773. The van der Waals surface area contributed by atoms with Crippen molar-refractivity contribution in [3.63, 3.8) is 0 Å². The second-order valence-electron chi connectivity index (χ2n) is 6.10. The maximum absolute atomic E-state index is 12.1. The van der Waals surface area contributed by atoms with Gasteiger partial charge in [-0.3, -0.25) is 9.59 Å². The Labute approximate surface area is 116 Å². The third kappa shape index (κ3) is 6.60. The van der Waals surface area contributed by atoms with Crippen molar-refractivity contribution in [2.75, 3.05) is 13.1 Å². The molecule has 0 unspecified atom stereocenters. The molecule has 1 aliphatic rings. The van der Waals surface area contributed by atoms with E-state index in [1.165, 1.54) is 37.0 Å². The molecule has 1 amide bonds. The molecule has 0 saturated heterocycles. The molecule has 0 aromatic rings. The van der Waals surface area contributed by atoms with E-state index in [4.69, 9.17) is 5.11 Å². The van der Waals surface area contributed by atoms with Crippen LogP contribution in [0.1, 0.15) is 58.8 Å². The van der Waals surface area contributed by atoms with Crippen molar-refractivity contribution in [3.8, 4) is 0 Å². The van der Waals surface area contributed by atoms with E-state index in [1.807, 2.05) is 13.8 Å². The summed E-state index contributed by atoms with van der Waals surface area (Å²) in [6, 6.07) is 0. The number of nitrogens with zero attached hydrogens (tertiary/aromatic N) is 1. The number of carbonyl (C=O) groups excluding carboxylic acids is 1. The van der Waals surface area contributed by atoms with Crippen LogP contribution in [-0.2, 0) is 9.59 Å². The predicted octanol–water partition coefficient (Wildman–Crippen LogP) is 2.92. The van der Waals surface area contributed by atoms with E-state index in [0.717, 1.165) is 6.42 Å². The summed E-state index contributed by atoms with van der Waals surface area (Å²) in [6.45, 7) is 4.38. The molecule has 4 nitrogen and oxygen atoms in total. The maximum atomic E-state index is 12.1. The Balaban J connectivity index is 2.39. The maximum Gasteiger partial charge on any atom is 0.323 e. The molecule has 19 heavy (non-hydrogen) atoms. The molecule has 110 valence electrons. The topological polar surface area (TPSA) is 57.6 Å². The van der Waals surface area contributed by atoms with Crippen molar-refractivity contribution in [1.29, 1.82) is 0 Å². The molecule has 4 heteroatoms. The lowest BCUT2D eigenvalue weighted by Gasteiger charge is -2.25. The van der Waals surface area contributed by atoms with Crippen LogP contribution in [0.25, 0.3) is 0 Å². The largest absolute Gasteiger partial charge is 0.480 e. The minimum absolute atomic E-state index is 0.00155. The molecule has 1 N–H and O–H groups in total. The van der Waals surface area contributed by atoms with Gasteiger partial charge in [0.1, 0.15) is 6.54 Å². The molecule has 0 spiro atoms. The minimum atomic E-state index is -0.924. The van der Waals surface area contributed by atoms with E-state index in [0.29, 0.717) is 24.8 Å². The number of rotatable bonds is 7. The van der Waals surface area contributed by atoms with Crippen molar-refractivity contribution in [2.45, 2.75) is 58.8 Å². The highest BCUT2D eigenvalue weighted by atomic mass is 16.4. The normalized spacial score (nSPS) is 16.6. The van der Waals surface area contributed by atoms with Gasteiger partial charge in [-0.05, 0) is 18.3 Å². The van der Waals surface area contributed by atoms with E-state index in [9.17, 15) is 9.59 Å². The predicted molar refractivity (Wildman–Crippen MR) is 74.9 cm³/mol. The van der Waals surface area contributed by atoms with Crippen LogP contribution in [0.2, 0.25) is 0 Å². The minimum Gasteiger partial charge on any atom is -0.480 e. The van der Waals surface area contributed by atoms with Gasteiger partial charge in [-0.15, -0.1) is 0 Å². The summed E-state index contributed by atoms with van der Waals surface area (Å²) < 4.78 is 0. The summed E-state index contributed by atoms with van der Waals surface area (Å²) >= 11 is 0.